The minimum Gasteiger partial charge on any atom is -0.325 e. The molecule has 1 N–H and O–H groups in total. The molecule has 1 rings (SSSR count). The first-order valence-electron chi connectivity index (χ1n) is 5.09. The summed E-state index contributed by atoms with van der Waals surface area (Å²) in [5, 5.41) is 2.80. The molecular formula is C11H14ClFN2O. The predicted octanol–water partition coefficient (Wildman–Crippen LogP) is 3.35. The van der Waals surface area contributed by atoms with Crippen LogP contribution in [0.25, 0.3) is 0 Å². The van der Waals surface area contributed by atoms with Gasteiger partial charge in [0.15, 0.2) is 0 Å². The molecule has 0 spiro atoms. The number of carbonyl (C=O) groups is 1. The van der Waals surface area contributed by atoms with Gasteiger partial charge in [-0.2, -0.15) is 0 Å². The van der Waals surface area contributed by atoms with E-state index in [1.54, 1.807) is 4.90 Å². The molecule has 0 aromatic heterocycles. The summed E-state index contributed by atoms with van der Waals surface area (Å²) in [6.07, 6.45) is 0. The molecule has 0 unspecified atom stereocenters. The van der Waals surface area contributed by atoms with Crippen molar-refractivity contribution in [3.05, 3.63) is 29.0 Å². The van der Waals surface area contributed by atoms with Crippen molar-refractivity contribution in [3.63, 3.8) is 0 Å². The van der Waals surface area contributed by atoms with E-state index in [0.29, 0.717) is 18.1 Å². The lowest BCUT2D eigenvalue weighted by atomic mass is 10.3. The van der Waals surface area contributed by atoms with E-state index in [2.05, 4.69) is 5.32 Å². The Morgan fingerprint density at radius 2 is 2.06 bits per heavy atom. The zero-order valence-corrected chi connectivity index (χ0v) is 10.0. The van der Waals surface area contributed by atoms with E-state index in [4.69, 9.17) is 11.6 Å². The molecule has 0 aliphatic heterocycles. The molecule has 1 aromatic rings. The van der Waals surface area contributed by atoms with Crippen molar-refractivity contribution in [2.75, 3.05) is 18.4 Å². The average Bonchev–Trinajstić information content (AvgIpc) is 2.24. The Kier molecular flexibility index (Phi) is 4.55. The average molecular weight is 245 g/mol. The topological polar surface area (TPSA) is 32.3 Å². The monoisotopic (exact) mass is 244 g/mol. The number of carbonyl (C=O) groups excluding carboxylic acids is 1. The van der Waals surface area contributed by atoms with Gasteiger partial charge in [0.1, 0.15) is 5.82 Å². The van der Waals surface area contributed by atoms with Crippen LogP contribution in [-0.2, 0) is 0 Å². The van der Waals surface area contributed by atoms with Gasteiger partial charge < -0.3 is 10.2 Å². The van der Waals surface area contributed by atoms with Gasteiger partial charge in [-0.25, -0.2) is 9.18 Å². The first-order valence-corrected chi connectivity index (χ1v) is 5.47. The summed E-state index contributed by atoms with van der Waals surface area (Å²) < 4.78 is 13.4. The maximum atomic E-state index is 13.4. The van der Waals surface area contributed by atoms with E-state index in [-0.39, 0.29) is 11.7 Å². The second kappa shape index (κ2) is 5.70. The zero-order valence-electron chi connectivity index (χ0n) is 9.26. The number of urea groups is 1. The van der Waals surface area contributed by atoms with Crippen LogP contribution in [0.3, 0.4) is 0 Å². The molecule has 0 atom stereocenters. The summed E-state index contributed by atoms with van der Waals surface area (Å²) in [5.41, 5.74) is 0.140. The lowest BCUT2D eigenvalue weighted by molar-refractivity contribution is 0.217. The molecule has 0 saturated heterocycles. The molecule has 0 aliphatic carbocycles. The van der Waals surface area contributed by atoms with Crippen LogP contribution in [0.1, 0.15) is 13.8 Å². The summed E-state index contributed by atoms with van der Waals surface area (Å²) in [6, 6.07) is 3.83. The van der Waals surface area contributed by atoms with Crippen LogP contribution < -0.4 is 5.32 Å². The highest BCUT2D eigenvalue weighted by molar-refractivity contribution is 6.30. The van der Waals surface area contributed by atoms with Crippen molar-refractivity contribution in [1.29, 1.82) is 0 Å². The van der Waals surface area contributed by atoms with Crippen molar-refractivity contribution in [3.8, 4) is 0 Å². The number of hydrogen-bond donors (Lipinski definition) is 1. The van der Waals surface area contributed by atoms with Crippen LogP contribution >= 0.6 is 11.6 Å². The van der Waals surface area contributed by atoms with Crippen molar-refractivity contribution < 1.29 is 9.18 Å². The van der Waals surface area contributed by atoms with E-state index in [0.717, 1.165) is 0 Å². The highest BCUT2D eigenvalue weighted by Gasteiger charge is 2.11. The number of nitrogens with zero attached hydrogens (tertiary/aromatic N) is 1. The maximum absolute atomic E-state index is 13.4. The molecule has 3 nitrogen and oxygen atoms in total. The molecule has 0 fully saturated rings. The standard InChI is InChI=1S/C11H14ClFN2O/c1-3-15(4-2)11(16)14-10-6-5-8(12)7-9(10)13/h5-7H,3-4H2,1-2H3,(H,14,16). The van der Waals surface area contributed by atoms with Gasteiger partial charge in [0.05, 0.1) is 5.69 Å². The molecule has 1 aromatic carbocycles. The highest BCUT2D eigenvalue weighted by atomic mass is 35.5. The summed E-state index contributed by atoms with van der Waals surface area (Å²) in [4.78, 5) is 13.2. The Morgan fingerprint density at radius 1 is 1.44 bits per heavy atom. The molecule has 0 radical (unpaired) electrons. The fraction of sp³-hybridized carbons (Fsp3) is 0.364. The van der Waals surface area contributed by atoms with Gasteiger partial charge in [-0.05, 0) is 32.0 Å². The third kappa shape index (κ3) is 3.10. The van der Waals surface area contributed by atoms with E-state index in [1.165, 1.54) is 18.2 Å². The Labute approximate surface area is 99.2 Å². The molecule has 5 heteroatoms. The van der Waals surface area contributed by atoms with Crippen LogP contribution in [0.4, 0.5) is 14.9 Å². The normalized spacial score (nSPS) is 10.0. The summed E-state index contributed by atoms with van der Waals surface area (Å²) in [5.74, 6) is -0.534. The number of rotatable bonds is 3. The molecule has 0 heterocycles. The van der Waals surface area contributed by atoms with E-state index < -0.39 is 5.82 Å². The van der Waals surface area contributed by atoms with Crippen LogP contribution in [0.5, 0.6) is 0 Å². The Morgan fingerprint density at radius 3 is 2.56 bits per heavy atom. The predicted molar refractivity (Wildman–Crippen MR) is 63.3 cm³/mol. The van der Waals surface area contributed by atoms with Gasteiger partial charge in [0.2, 0.25) is 0 Å². The van der Waals surface area contributed by atoms with Crippen LogP contribution in [-0.4, -0.2) is 24.0 Å². The Bertz CT molecular complexity index is 380. The maximum Gasteiger partial charge on any atom is 0.321 e. The van der Waals surface area contributed by atoms with Gasteiger partial charge in [0, 0.05) is 18.1 Å². The largest absolute Gasteiger partial charge is 0.325 e. The number of benzene rings is 1. The number of anilines is 1. The van der Waals surface area contributed by atoms with Crippen LogP contribution in [0.15, 0.2) is 18.2 Å². The van der Waals surface area contributed by atoms with Crippen molar-refractivity contribution in [1.82, 2.24) is 4.90 Å². The summed E-state index contributed by atoms with van der Waals surface area (Å²) in [7, 11) is 0. The molecule has 2 amide bonds. The van der Waals surface area contributed by atoms with Gasteiger partial charge in [0.25, 0.3) is 0 Å². The number of halogens is 2. The lowest BCUT2D eigenvalue weighted by Gasteiger charge is -2.19. The molecular weight excluding hydrogens is 231 g/mol. The van der Waals surface area contributed by atoms with Gasteiger partial charge in [-0.3, -0.25) is 0 Å². The Balaban J connectivity index is 2.76. The lowest BCUT2D eigenvalue weighted by Crippen LogP contribution is -2.34. The Hall–Kier alpha value is -1.29. The van der Waals surface area contributed by atoms with E-state index >= 15 is 0 Å². The quantitative estimate of drug-likeness (QED) is 0.869. The minimum absolute atomic E-state index is 0.140. The second-order valence-corrected chi connectivity index (χ2v) is 3.66. The van der Waals surface area contributed by atoms with Crippen molar-refractivity contribution in [2.45, 2.75) is 13.8 Å². The number of nitrogens with one attached hydrogen (secondary N) is 1. The van der Waals surface area contributed by atoms with E-state index in [1.807, 2.05) is 13.8 Å². The third-order valence-electron chi connectivity index (χ3n) is 2.22. The number of hydrogen-bond acceptors (Lipinski definition) is 1. The van der Waals surface area contributed by atoms with Gasteiger partial charge in [-0.1, -0.05) is 11.6 Å². The molecule has 88 valence electrons. The fourth-order valence-electron chi connectivity index (χ4n) is 1.30. The molecule has 0 bridgehead atoms. The summed E-state index contributed by atoms with van der Waals surface area (Å²) >= 11 is 5.61. The van der Waals surface area contributed by atoms with Gasteiger partial charge >= 0.3 is 6.03 Å². The first-order chi connectivity index (χ1) is 7.58. The fourth-order valence-corrected chi connectivity index (χ4v) is 1.45. The van der Waals surface area contributed by atoms with Crippen LogP contribution in [0, 0.1) is 5.82 Å². The third-order valence-corrected chi connectivity index (χ3v) is 2.46. The molecule has 0 aliphatic rings. The number of amides is 2. The smallest absolute Gasteiger partial charge is 0.321 e. The van der Waals surface area contributed by atoms with Gasteiger partial charge in [-0.15, -0.1) is 0 Å². The molecule has 16 heavy (non-hydrogen) atoms. The van der Waals surface area contributed by atoms with Crippen molar-refractivity contribution in [2.24, 2.45) is 0 Å². The summed E-state index contributed by atoms with van der Waals surface area (Å²) in [6.45, 7) is 4.89. The first kappa shape index (κ1) is 12.8. The SMILES string of the molecule is CCN(CC)C(=O)Nc1ccc(Cl)cc1F. The zero-order chi connectivity index (χ0) is 12.1. The molecule has 0 saturated carbocycles. The minimum atomic E-state index is -0.534. The second-order valence-electron chi connectivity index (χ2n) is 3.23. The van der Waals surface area contributed by atoms with E-state index in [9.17, 15) is 9.18 Å². The van der Waals surface area contributed by atoms with Crippen LogP contribution in [0.2, 0.25) is 5.02 Å². The van der Waals surface area contributed by atoms with Crippen molar-refractivity contribution >= 4 is 23.3 Å². The highest BCUT2D eigenvalue weighted by Crippen LogP contribution is 2.19.